The Kier molecular flexibility index (Phi) is 6.23. The number of aliphatic hydroxyl groups is 1. The largest absolute Gasteiger partial charge is 0.507 e. The van der Waals surface area contributed by atoms with Gasteiger partial charge in [-0.2, -0.15) is 0 Å². The molecule has 8 nitrogen and oxygen atoms in total. The van der Waals surface area contributed by atoms with Gasteiger partial charge in [0.2, 0.25) is 0 Å². The van der Waals surface area contributed by atoms with Gasteiger partial charge in [-0.15, -0.1) is 0 Å². The van der Waals surface area contributed by atoms with Gasteiger partial charge in [0.15, 0.2) is 0 Å². The number of para-hydroxylation sites is 1. The third kappa shape index (κ3) is 4.23. The summed E-state index contributed by atoms with van der Waals surface area (Å²) in [6.45, 7) is 0. The van der Waals surface area contributed by atoms with Crippen molar-refractivity contribution in [1.82, 2.24) is 4.98 Å². The molecule has 1 saturated heterocycles. The van der Waals surface area contributed by atoms with Gasteiger partial charge < -0.3 is 19.6 Å². The molecule has 0 aliphatic carbocycles. The maximum atomic E-state index is 13.4. The zero-order valence-electron chi connectivity index (χ0n) is 20.2. The van der Waals surface area contributed by atoms with Crippen molar-refractivity contribution in [3.63, 3.8) is 0 Å². The quantitative estimate of drug-likeness (QED) is 0.176. The fourth-order valence-electron chi connectivity index (χ4n) is 4.65. The van der Waals surface area contributed by atoms with Crippen LogP contribution in [0.1, 0.15) is 22.7 Å². The van der Waals surface area contributed by atoms with E-state index >= 15 is 0 Å². The molecule has 1 aliphatic rings. The van der Waals surface area contributed by atoms with Gasteiger partial charge in [0.1, 0.15) is 11.5 Å². The highest BCUT2D eigenvalue weighted by atomic mass is 16.5. The summed E-state index contributed by atoms with van der Waals surface area (Å²) in [5.74, 6) is -1.68. The highest BCUT2D eigenvalue weighted by molar-refractivity contribution is 6.51. The topological polar surface area (TPSA) is 109 Å². The van der Waals surface area contributed by atoms with E-state index in [1.807, 2.05) is 24.3 Å². The summed E-state index contributed by atoms with van der Waals surface area (Å²) >= 11 is 0. The normalized spacial score (nSPS) is 16.8. The van der Waals surface area contributed by atoms with Crippen LogP contribution in [-0.4, -0.2) is 42.0 Å². The number of aromatic nitrogens is 1. The lowest BCUT2D eigenvalue weighted by Crippen LogP contribution is -2.29. The maximum absolute atomic E-state index is 13.4. The van der Waals surface area contributed by atoms with Crippen LogP contribution in [0, 0.1) is 0 Å². The van der Waals surface area contributed by atoms with E-state index in [0.29, 0.717) is 28.1 Å². The summed E-state index contributed by atoms with van der Waals surface area (Å²) in [6.07, 6.45) is 1.70. The smallest absolute Gasteiger partial charge is 0.309 e. The highest BCUT2D eigenvalue weighted by Crippen LogP contribution is 2.43. The Morgan fingerprint density at radius 3 is 2.49 bits per heavy atom. The second-order valence-corrected chi connectivity index (χ2v) is 8.61. The van der Waals surface area contributed by atoms with Gasteiger partial charge in [0.25, 0.3) is 11.7 Å². The number of amides is 1. The van der Waals surface area contributed by atoms with Crippen molar-refractivity contribution in [2.45, 2.75) is 12.5 Å². The van der Waals surface area contributed by atoms with Crippen LogP contribution in [0.4, 0.5) is 5.69 Å². The average Bonchev–Trinajstić information content (AvgIpc) is 3.47. The number of esters is 1. The SMILES string of the molecule is COC(=O)Cc1ccc(N2C(=O)C(=O)/C(=C(\O)c3c[nH]c4ccccc34)C2c2cccc(OC)c2)cc1. The number of anilines is 1. The third-order valence-corrected chi connectivity index (χ3v) is 6.49. The predicted molar refractivity (Wildman–Crippen MR) is 138 cm³/mol. The summed E-state index contributed by atoms with van der Waals surface area (Å²) in [4.78, 5) is 43.0. The Labute approximate surface area is 212 Å². The van der Waals surface area contributed by atoms with E-state index in [0.717, 1.165) is 10.9 Å². The Hall–Kier alpha value is -4.85. The monoisotopic (exact) mass is 496 g/mol. The van der Waals surface area contributed by atoms with Gasteiger partial charge in [-0.1, -0.05) is 42.5 Å². The molecule has 8 heteroatoms. The molecule has 0 radical (unpaired) electrons. The van der Waals surface area contributed by atoms with Gasteiger partial charge in [-0.25, -0.2) is 0 Å². The number of ether oxygens (including phenoxy) is 2. The van der Waals surface area contributed by atoms with Crippen LogP contribution in [0.2, 0.25) is 0 Å². The minimum absolute atomic E-state index is 0.0263. The van der Waals surface area contributed by atoms with E-state index in [1.165, 1.54) is 19.1 Å². The molecule has 0 spiro atoms. The minimum atomic E-state index is -0.907. The molecular formula is C29H24N2O6. The van der Waals surface area contributed by atoms with Crippen molar-refractivity contribution < 1.29 is 29.0 Å². The Bertz CT molecular complexity index is 1550. The molecule has 1 aliphatic heterocycles. The molecule has 1 unspecified atom stereocenters. The minimum Gasteiger partial charge on any atom is -0.507 e. The second-order valence-electron chi connectivity index (χ2n) is 8.61. The van der Waals surface area contributed by atoms with Crippen molar-refractivity contribution in [2.24, 2.45) is 0 Å². The first-order chi connectivity index (χ1) is 17.9. The van der Waals surface area contributed by atoms with Crippen LogP contribution in [0.25, 0.3) is 16.7 Å². The van der Waals surface area contributed by atoms with Gasteiger partial charge in [0, 0.05) is 28.4 Å². The average molecular weight is 497 g/mol. The highest BCUT2D eigenvalue weighted by Gasteiger charge is 2.47. The van der Waals surface area contributed by atoms with Crippen molar-refractivity contribution in [3.05, 3.63) is 101 Å². The van der Waals surface area contributed by atoms with E-state index in [1.54, 1.807) is 54.7 Å². The van der Waals surface area contributed by atoms with Gasteiger partial charge in [-0.05, 0) is 41.5 Å². The van der Waals surface area contributed by atoms with E-state index in [9.17, 15) is 19.5 Å². The lowest BCUT2D eigenvalue weighted by atomic mass is 9.94. The fraction of sp³-hybridized carbons (Fsp3) is 0.138. The number of carbonyl (C=O) groups is 3. The zero-order chi connectivity index (χ0) is 26.1. The van der Waals surface area contributed by atoms with Crippen molar-refractivity contribution in [2.75, 3.05) is 19.1 Å². The molecule has 2 heterocycles. The first-order valence-electron chi connectivity index (χ1n) is 11.6. The number of H-pyrrole nitrogens is 1. The zero-order valence-corrected chi connectivity index (χ0v) is 20.2. The number of hydrogen-bond acceptors (Lipinski definition) is 6. The number of nitrogens with one attached hydrogen (secondary N) is 1. The third-order valence-electron chi connectivity index (χ3n) is 6.49. The van der Waals surface area contributed by atoms with Crippen molar-refractivity contribution in [3.8, 4) is 5.75 Å². The Balaban J connectivity index is 1.67. The number of aliphatic hydroxyl groups excluding tert-OH is 1. The second kappa shape index (κ2) is 9.66. The number of rotatable bonds is 6. The summed E-state index contributed by atoms with van der Waals surface area (Å²) in [5.41, 5.74) is 2.93. The van der Waals surface area contributed by atoms with Gasteiger partial charge >= 0.3 is 5.97 Å². The molecule has 5 rings (SSSR count). The molecule has 3 aromatic carbocycles. The lowest BCUT2D eigenvalue weighted by molar-refractivity contribution is -0.139. The number of fused-ring (bicyclic) bond motifs is 1. The maximum Gasteiger partial charge on any atom is 0.309 e. The van der Waals surface area contributed by atoms with E-state index in [4.69, 9.17) is 9.47 Å². The lowest BCUT2D eigenvalue weighted by Gasteiger charge is -2.26. The number of hydrogen-bond donors (Lipinski definition) is 2. The van der Waals surface area contributed by atoms with Crippen molar-refractivity contribution >= 4 is 40.0 Å². The van der Waals surface area contributed by atoms with E-state index < -0.39 is 17.7 Å². The molecule has 186 valence electrons. The van der Waals surface area contributed by atoms with Crippen LogP contribution >= 0.6 is 0 Å². The molecule has 37 heavy (non-hydrogen) atoms. The van der Waals surface area contributed by atoms with Crippen molar-refractivity contribution in [1.29, 1.82) is 0 Å². The summed E-state index contributed by atoms with van der Waals surface area (Å²) < 4.78 is 10.1. The van der Waals surface area contributed by atoms with E-state index in [2.05, 4.69) is 4.98 Å². The van der Waals surface area contributed by atoms with Gasteiger partial charge in [-0.3, -0.25) is 19.3 Å². The molecule has 1 aromatic heterocycles. The molecule has 1 amide bonds. The number of benzene rings is 3. The van der Waals surface area contributed by atoms with Crippen LogP contribution in [0.3, 0.4) is 0 Å². The van der Waals surface area contributed by atoms with Gasteiger partial charge in [0.05, 0.1) is 32.3 Å². The fourth-order valence-corrected chi connectivity index (χ4v) is 4.65. The summed E-state index contributed by atoms with van der Waals surface area (Å²) in [7, 11) is 2.85. The number of aromatic amines is 1. The Morgan fingerprint density at radius 1 is 1.00 bits per heavy atom. The van der Waals surface area contributed by atoms with Crippen LogP contribution in [0.15, 0.2) is 84.6 Å². The molecule has 2 N–H and O–H groups in total. The predicted octanol–water partition coefficient (Wildman–Crippen LogP) is 4.52. The van der Waals surface area contributed by atoms with Crippen LogP contribution < -0.4 is 9.64 Å². The summed E-state index contributed by atoms with van der Waals surface area (Å²) in [5, 5.41) is 12.2. The molecule has 0 saturated carbocycles. The number of methoxy groups -OCH3 is 2. The Morgan fingerprint density at radius 2 is 1.76 bits per heavy atom. The first kappa shape index (κ1) is 23.9. The number of nitrogens with zero attached hydrogens (tertiary/aromatic N) is 1. The summed E-state index contributed by atoms with van der Waals surface area (Å²) in [6, 6.07) is 20.3. The molecule has 0 bridgehead atoms. The molecule has 1 atom stereocenters. The number of ketones is 1. The molecule has 1 fully saturated rings. The van der Waals surface area contributed by atoms with E-state index in [-0.39, 0.29) is 23.7 Å². The van der Waals surface area contributed by atoms with Crippen LogP contribution in [0.5, 0.6) is 5.75 Å². The van der Waals surface area contributed by atoms with Crippen LogP contribution in [-0.2, 0) is 25.5 Å². The number of carbonyl (C=O) groups excluding carboxylic acids is 3. The molecular weight excluding hydrogens is 472 g/mol. The molecule has 4 aromatic rings. The number of Topliss-reactive ketones (excluding diaryl/α,β-unsaturated/α-hetero) is 1. The first-order valence-corrected chi connectivity index (χ1v) is 11.6. The standard InChI is InChI=1S/C29H24N2O6/c1-36-20-7-5-6-18(15-20)26-25(27(33)22-16-30-23-9-4-3-8-21(22)23)28(34)29(35)31(26)19-12-10-17(11-13-19)14-24(32)37-2/h3-13,15-16,26,30,33H,14H2,1-2H3/b27-25-.